The van der Waals surface area contributed by atoms with Crippen LogP contribution in [0.5, 0.6) is 0 Å². The van der Waals surface area contributed by atoms with Crippen molar-refractivity contribution in [2.24, 2.45) is 0 Å². The van der Waals surface area contributed by atoms with Gasteiger partial charge in [0.1, 0.15) is 0 Å². The number of nitrogens with zero attached hydrogens (tertiary/aromatic N) is 2. The fraction of sp³-hybridized carbons (Fsp3) is 0.200. The van der Waals surface area contributed by atoms with Crippen molar-refractivity contribution in [3.05, 3.63) is 65.6 Å². The number of aromatic nitrogens is 1. The number of carbonyl (C=O) groups is 1. The van der Waals surface area contributed by atoms with Crippen molar-refractivity contribution in [1.82, 2.24) is 4.98 Å². The van der Waals surface area contributed by atoms with E-state index in [2.05, 4.69) is 15.2 Å². The third-order valence-electron chi connectivity index (χ3n) is 4.42. The van der Waals surface area contributed by atoms with Gasteiger partial charge < -0.3 is 19.4 Å². The minimum Gasteiger partial charge on any atom is -0.444 e. The first-order valence-electron chi connectivity index (χ1n) is 8.63. The molecule has 0 atom stereocenters. The average Bonchev–Trinajstić information content (AvgIpc) is 3.24. The molecule has 27 heavy (non-hydrogen) atoms. The Labute approximate surface area is 161 Å². The Kier molecular flexibility index (Phi) is 5.09. The number of anilines is 2. The van der Waals surface area contributed by atoms with Gasteiger partial charge >= 0.3 is 0 Å². The molecule has 4 rings (SSSR count). The van der Waals surface area contributed by atoms with Crippen molar-refractivity contribution < 1.29 is 13.9 Å². The second-order valence-corrected chi connectivity index (χ2v) is 6.59. The van der Waals surface area contributed by atoms with Gasteiger partial charge in [0.25, 0.3) is 5.91 Å². The number of ether oxygens (including phenoxy) is 1. The lowest BCUT2D eigenvalue weighted by atomic mass is 10.1. The Bertz CT molecular complexity index is 920. The zero-order valence-electron chi connectivity index (χ0n) is 14.5. The molecular weight excluding hydrogens is 366 g/mol. The molecule has 1 fully saturated rings. The predicted octanol–water partition coefficient (Wildman–Crippen LogP) is 4.08. The molecule has 7 heteroatoms. The lowest BCUT2D eigenvalue weighted by Gasteiger charge is -2.30. The summed E-state index contributed by atoms with van der Waals surface area (Å²) in [6.45, 7) is 2.88. The number of hydrogen-bond acceptors (Lipinski definition) is 5. The summed E-state index contributed by atoms with van der Waals surface area (Å²) in [5.74, 6) is 0.460. The molecule has 0 saturated carbocycles. The minimum atomic E-state index is -0.198. The van der Waals surface area contributed by atoms with Crippen LogP contribution in [0.1, 0.15) is 10.4 Å². The largest absolute Gasteiger partial charge is 0.444 e. The van der Waals surface area contributed by atoms with E-state index in [1.807, 2.05) is 24.3 Å². The molecule has 3 aromatic rings. The second kappa shape index (κ2) is 7.82. The highest BCUT2D eigenvalue weighted by molar-refractivity contribution is 6.31. The van der Waals surface area contributed by atoms with Gasteiger partial charge in [0, 0.05) is 29.2 Å². The van der Waals surface area contributed by atoms with Gasteiger partial charge in [0.05, 0.1) is 30.8 Å². The van der Waals surface area contributed by atoms with Crippen molar-refractivity contribution >= 4 is 28.9 Å². The summed E-state index contributed by atoms with van der Waals surface area (Å²) in [6, 6.07) is 12.7. The van der Waals surface area contributed by atoms with E-state index in [9.17, 15) is 4.79 Å². The van der Waals surface area contributed by atoms with E-state index in [1.54, 1.807) is 24.4 Å². The van der Waals surface area contributed by atoms with Crippen molar-refractivity contribution in [2.45, 2.75) is 0 Å². The molecule has 1 aliphatic heterocycles. The van der Waals surface area contributed by atoms with E-state index >= 15 is 0 Å². The maximum absolute atomic E-state index is 12.7. The number of amides is 1. The van der Waals surface area contributed by atoms with Gasteiger partial charge in [-0.3, -0.25) is 4.79 Å². The molecule has 0 unspecified atom stereocenters. The van der Waals surface area contributed by atoms with Gasteiger partial charge in [-0.1, -0.05) is 23.7 Å². The maximum Gasteiger partial charge on any atom is 0.255 e. The van der Waals surface area contributed by atoms with Gasteiger partial charge in [0.15, 0.2) is 12.2 Å². The molecule has 1 aliphatic rings. The first kappa shape index (κ1) is 17.6. The lowest BCUT2D eigenvalue weighted by Crippen LogP contribution is -2.36. The zero-order valence-corrected chi connectivity index (χ0v) is 15.3. The molecule has 138 valence electrons. The molecule has 1 aromatic heterocycles. The number of carbonyl (C=O) groups excluding carboxylic acids is 1. The van der Waals surface area contributed by atoms with Gasteiger partial charge in [-0.05, 0) is 30.3 Å². The fourth-order valence-corrected chi connectivity index (χ4v) is 3.20. The van der Waals surface area contributed by atoms with Crippen molar-refractivity contribution in [2.75, 3.05) is 36.5 Å². The third-order valence-corrected chi connectivity index (χ3v) is 4.66. The van der Waals surface area contributed by atoms with Crippen LogP contribution in [0.4, 0.5) is 11.4 Å². The third kappa shape index (κ3) is 3.97. The number of hydrogen-bond donors (Lipinski definition) is 1. The van der Waals surface area contributed by atoms with Gasteiger partial charge in [-0.2, -0.15) is 0 Å². The summed E-state index contributed by atoms with van der Waals surface area (Å²) in [4.78, 5) is 18.8. The molecule has 1 N–H and O–H groups in total. The van der Waals surface area contributed by atoms with Crippen LogP contribution in [0.25, 0.3) is 11.3 Å². The Morgan fingerprint density at radius 1 is 1.11 bits per heavy atom. The first-order chi connectivity index (χ1) is 13.2. The van der Waals surface area contributed by atoms with E-state index in [4.69, 9.17) is 20.8 Å². The van der Waals surface area contributed by atoms with Gasteiger partial charge in [0.2, 0.25) is 0 Å². The predicted molar refractivity (Wildman–Crippen MR) is 104 cm³/mol. The highest BCUT2D eigenvalue weighted by Gasteiger charge is 2.17. The van der Waals surface area contributed by atoms with Crippen molar-refractivity contribution in [3.8, 4) is 11.3 Å². The average molecular weight is 384 g/mol. The molecule has 1 saturated heterocycles. The van der Waals surface area contributed by atoms with Gasteiger partial charge in [-0.15, -0.1) is 0 Å². The second-order valence-electron chi connectivity index (χ2n) is 6.16. The molecule has 0 aliphatic carbocycles. The normalized spacial score (nSPS) is 14.2. The summed E-state index contributed by atoms with van der Waals surface area (Å²) >= 11 is 6.15. The van der Waals surface area contributed by atoms with Crippen LogP contribution in [-0.4, -0.2) is 37.2 Å². The number of oxazole rings is 1. The molecule has 2 heterocycles. The quantitative estimate of drug-likeness (QED) is 0.735. The molecule has 6 nitrogen and oxygen atoms in total. The first-order valence-corrected chi connectivity index (χ1v) is 9.01. The number of nitrogens with one attached hydrogen (secondary N) is 1. The summed E-state index contributed by atoms with van der Waals surface area (Å²) in [6.07, 6.45) is 3.01. The van der Waals surface area contributed by atoms with Crippen LogP contribution in [0, 0.1) is 0 Å². The fourth-order valence-electron chi connectivity index (χ4n) is 3.03. The molecule has 0 radical (unpaired) electrons. The van der Waals surface area contributed by atoms with Crippen LogP contribution in [0.15, 0.2) is 59.5 Å². The highest BCUT2D eigenvalue weighted by Crippen LogP contribution is 2.30. The van der Waals surface area contributed by atoms with Crippen LogP contribution in [0.2, 0.25) is 5.02 Å². The summed E-state index contributed by atoms with van der Waals surface area (Å²) in [5.41, 5.74) is 3.04. The van der Waals surface area contributed by atoms with Crippen LogP contribution < -0.4 is 10.2 Å². The Morgan fingerprint density at radius 3 is 2.59 bits per heavy atom. The van der Waals surface area contributed by atoms with Crippen LogP contribution in [0.3, 0.4) is 0 Å². The molecular formula is C20H18ClN3O3. The molecule has 2 aromatic carbocycles. The topological polar surface area (TPSA) is 67.6 Å². The Morgan fingerprint density at radius 2 is 1.89 bits per heavy atom. The van der Waals surface area contributed by atoms with Crippen LogP contribution >= 0.6 is 11.6 Å². The SMILES string of the molecule is O=C(Nc1cc(Cl)ccc1N1CCOCC1)c1ccc(-c2cnco2)cc1. The monoisotopic (exact) mass is 383 g/mol. The molecule has 1 amide bonds. The number of morpholine rings is 1. The van der Waals surface area contributed by atoms with E-state index < -0.39 is 0 Å². The highest BCUT2D eigenvalue weighted by atomic mass is 35.5. The van der Waals surface area contributed by atoms with E-state index in [0.717, 1.165) is 24.3 Å². The van der Waals surface area contributed by atoms with Crippen molar-refractivity contribution in [3.63, 3.8) is 0 Å². The Hall–Kier alpha value is -2.83. The smallest absolute Gasteiger partial charge is 0.255 e. The lowest BCUT2D eigenvalue weighted by molar-refractivity contribution is 0.102. The maximum atomic E-state index is 12.7. The summed E-state index contributed by atoms with van der Waals surface area (Å²) < 4.78 is 10.7. The van der Waals surface area contributed by atoms with E-state index in [0.29, 0.717) is 35.2 Å². The summed E-state index contributed by atoms with van der Waals surface area (Å²) in [5, 5.41) is 3.55. The zero-order chi connectivity index (χ0) is 18.6. The van der Waals surface area contributed by atoms with E-state index in [1.165, 1.54) is 6.39 Å². The van der Waals surface area contributed by atoms with Gasteiger partial charge in [-0.25, -0.2) is 4.98 Å². The minimum absolute atomic E-state index is 0.198. The Balaban J connectivity index is 1.54. The number of benzene rings is 2. The molecule has 0 spiro atoms. The molecule has 0 bridgehead atoms. The summed E-state index contributed by atoms with van der Waals surface area (Å²) in [7, 11) is 0. The van der Waals surface area contributed by atoms with E-state index in [-0.39, 0.29) is 5.91 Å². The van der Waals surface area contributed by atoms with Crippen LogP contribution in [-0.2, 0) is 4.74 Å². The van der Waals surface area contributed by atoms with Crippen molar-refractivity contribution in [1.29, 1.82) is 0 Å². The standard InChI is InChI=1S/C20H18ClN3O3/c21-16-5-6-18(24-7-9-26-10-8-24)17(11-16)23-20(25)15-3-1-14(2-4-15)19-12-22-13-27-19/h1-6,11-13H,7-10H2,(H,23,25). The number of rotatable bonds is 4. The number of halogens is 1.